The van der Waals surface area contributed by atoms with Gasteiger partial charge < -0.3 is 9.88 Å². The monoisotopic (exact) mass is 355 g/mol. The van der Waals surface area contributed by atoms with Crippen LogP contribution in [-0.2, 0) is 11.3 Å². The summed E-state index contributed by atoms with van der Waals surface area (Å²) < 4.78 is 2.19. The Hall–Kier alpha value is -1.08. The lowest BCUT2D eigenvalue weighted by Crippen LogP contribution is -2.29. The Morgan fingerprint density at radius 2 is 2.00 bits per heavy atom. The molecule has 0 saturated carbocycles. The molecule has 0 spiro atoms. The molecular weight excluding hydrogens is 322 g/mol. The van der Waals surface area contributed by atoms with Gasteiger partial charge in [0.2, 0.25) is 5.91 Å². The normalized spacial score (nSPS) is 12.8. The van der Waals surface area contributed by atoms with Gasteiger partial charge in [-0.1, -0.05) is 45.9 Å². The first kappa shape index (κ1) is 21.0. The highest BCUT2D eigenvalue weighted by atomic mass is 32.2. The molecule has 1 aromatic rings. The molecule has 0 aliphatic rings. The molecule has 0 bridgehead atoms. The van der Waals surface area contributed by atoms with Crippen molar-refractivity contribution in [3.05, 3.63) is 5.82 Å². The largest absolute Gasteiger partial charge is 0.355 e. The van der Waals surface area contributed by atoms with Crippen molar-refractivity contribution in [2.24, 2.45) is 5.92 Å². The van der Waals surface area contributed by atoms with Gasteiger partial charge in [0.05, 0.1) is 11.8 Å². The molecule has 138 valence electrons. The molecule has 0 aliphatic heterocycles. The lowest BCUT2D eigenvalue weighted by molar-refractivity contribution is -0.118. The Bertz CT molecular complexity index is 501. The first-order chi connectivity index (χ1) is 11.4. The van der Waals surface area contributed by atoms with Gasteiger partial charge in [-0.25, -0.2) is 0 Å². The van der Waals surface area contributed by atoms with Gasteiger partial charge in [0.1, 0.15) is 0 Å². The summed E-state index contributed by atoms with van der Waals surface area (Å²) >= 11 is 1.48. The van der Waals surface area contributed by atoms with Crippen LogP contribution >= 0.6 is 11.8 Å². The van der Waals surface area contributed by atoms with E-state index in [1.54, 1.807) is 0 Å². The van der Waals surface area contributed by atoms with E-state index in [9.17, 15) is 4.79 Å². The minimum absolute atomic E-state index is 0.0555. The molecule has 1 N–H and O–H groups in total. The van der Waals surface area contributed by atoms with Gasteiger partial charge in [-0.05, 0) is 32.9 Å². The number of hydrogen-bond acceptors (Lipinski definition) is 5. The summed E-state index contributed by atoms with van der Waals surface area (Å²) in [6, 6.07) is 0.249. The second kappa shape index (κ2) is 10.7. The smallest absolute Gasteiger partial charge is 0.230 e. The second-order valence-electron chi connectivity index (χ2n) is 6.72. The van der Waals surface area contributed by atoms with Crippen molar-refractivity contribution in [3.63, 3.8) is 0 Å². The zero-order valence-corrected chi connectivity index (χ0v) is 16.8. The number of hydrogen-bond donors (Lipinski definition) is 1. The number of aromatic nitrogens is 3. The molecular formula is C17H33N5OS. The number of unbranched alkanes of at least 4 members (excludes halogenated alkanes) is 1. The van der Waals surface area contributed by atoms with Crippen LogP contribution < -0.4 is 5.32 Å². The van der Waals surface area contributed by atoms with Crippen molar-refractivity contribution in [1.29, 1.82) is 0 Å². The van der Waals surface area contributed by atoms with E-state index >= 15 is 0 Å². The molecule has 24 heavy (non-hydrogen) atoms. The Kier molecular flexibility index (Phi) is 9.36. The van der Waals surface area contributed by atoms with Gasteiger partial charge in [0.15, 0.2) is 11.0 Å². The quantitative estimate of drug-likeness (QED) is 0.618. The minimum Gasteiger partial charge on any atom is -0.355 e. The minimum atomic E-state index is 0.0555. The third-order valence-electron chi connectivity index (χ3n) is 3.83. The third kappa shape index (κ3) is 6.43. The van der Waals surface area contributed by atoms with Crippen molar-refractivity contribution in [1.82, 2.24) is 25.0 Å². The lowest BCUT2D eigenvalue weighted by atomic mass is 10.2. The van der Waals surface area contributed by atoms with E-state index in [2.05, 4.69) is 66.8 Å². The zero-order chi connectivity index (χ0) is 18.1. The van der Waals surface area contributed by atoms with E-state index in [1.165, 1.54) is 11.8 Å². The predicted molar refractivity (Wildman–Crippen MR) is 100 cm³/mol. The molecule has 0 saturated heterocycles. The number of rotatable bonds is 11. The number of thioether (sulfide) groups is 1. The van der Waals surface area contributed by atoms with E-state index < -0.39 is 0 Å². The van der Waals surface area contributed by atoms with Crippen LogP contribution in [-0.4, -0.2) is 52.0 Å². The molecule has 0 radical (unpaired) electrons. The van der Waals surface area contributed by atoms with Crippen LogP contribution in [0.25, 0.3) is 0 Å². The summed E-state index contributed by atoms with van der Waals surface area (Å²) in [7, 11) is 4.14. The maximum atomic E-state index is 12.0. The Balaban J connectivity index is 2.82. The average Bonchev–Trinajstić information content (AvgIpc) is 2.92. The van der Waals surface area contributed by atoms with Crippen LogP contribution in [0.4, 0.5) is 0 Å². The standard InChI is InChI=1S/C17H33N5OS/c1-7-9-10-22-16(14(8-2)21(5)6)19-20-17(22)24-12-15(23)18-11-13(3)4/h13-14H,7-12H2,1-6H3,(H,18,23)/t14-/m1/s1. The number of carbonyl (C=O) groups excluding carboxylic acids is 1. The van der Waals surface area contributed by atoms with Gasteiger partial charge in [-0.3, -0.25) is 9.69 Å². The molecule has 0 fully saturated rings. The van der Waals surface area contributed by atoms with Crippen LogP contribution in [0.2, 0.25) is 0 Å². The molecule has 0 aromatic carbocycles. The summed E-state index contributed by atoms with van der Waals surface area (Å²) in [4.78, 5) is 14.1. The maximum Gasteiger partial charge on any atom is 0.230 e. The van der Waals surface area contributed by atoms with Crippen LogP contribution in [0, 0.1) is 5.92 Å². The molecule has 6 nitrogen and oxygen atoms in total. The number of amides is 1. The zero-order valence-electron chi connectivity index (χ0n) is 16.0. The molecule has 1 aromatic heterocycles. The second-order valence-corrected chi connectivity index (χ2v) is 7.66. The van der Waals surface area contributed by atoms with Crippen molar-refractivity contribution in [3.8, 4) is 0 Å². The highest BCUT2D eigenvalue weighted by molar-refractivity contribution is 7.99. The Morgan fingerprint density at radius 1 is 1.29 bits per heavy atom. The molecule has 0 aliphatic carbocycles. The summed E-state index contributed by atoms with van der Waals surface area (Å²) in [5, 5.41) is 12.6. The van der Waals surface area contributed by atoms with Crippen LogP contribution in [0.1, 0.15) is 58.8 Å². The highest BCUT2D eigenvalue weighted by Crippen LogP contribution is 2.25. The van der Waals surface area contributed by atoms with Gasteiger partial charge in [0, 0.05) is 13.1 Å². The molecule has 1 rings (SSSR count). The van der Waals surface area contributed by atoms with Crippen molar-refractivity contribution < 1.29 is 4.79 Å². The summed E-state index contributed by atoms with van der Waals surface area (Å²) in [6.07, 6.45) is 3.19. The fourth-order valence-corrected chi connectivity index (χ4v) is 3.26. The maximum absolute atomic E-state index is 12.0. The Morgan fingerprint density at radius 3 is 2.54 bits per heavy atom. The van der Waals surface area contributed by atoms with E-state index in [1.807, 2.05) is 0 Å². The SMILES string of the molecule is CCCCn1c(SCC(=O)NCC(C)C)nnc1[C@@H](CC)N(C)C. The Labute approximate surface area is 150 Å². The fraction of sp³-hybridized carbons (Fsp3) is 0.824. The lowest BCUT2D eigenvalue weighted by Gasteiger charge is -2.23. The third-order valence-corrected chi connectivity index (χ3v) is 4.80. The highest BCUT2D eigenvalue weighted by Gasteiger charge is 2.22. The van der Waals surface area contributed by atoms with Crippen molar-refractivity contribution >= 4 is 17.7 Å². The van der Waals surface area contributed by atoms with E-state index in [-0.39, 0.29) is 11.9 Å². The molecule has 1 heterocycles. The van der Waals surface area contributed by atoms with Crippen LogP contribution in [0.3, 0.4) is 0 Å². The first-order valence-corrected chi connectivity index (χ1v) is 9.88. The van der Waals surface area contributed by atoms with Crippen molar-refractivity contribution in [2.45, 2.75) is 64.7 Å². The van der Waals surface area contributed by atoms with E-state index in [0.717, 1.165) is 36.8 Å². The molecule has 1 amide bonds. The molecule has 1 atom stereocenters. The van der Waals surface area contributed by atoms with E-state index in [0.29, 0.717) is 18.2 Å². The molecule has 7 heteroatoms. The summed E-state index contributed by atoms with van der Waals surface area (Å²) in [5.74, 6) is 1.90. The average molecular weight is 356 g/mol. The van der Waals surface area contributed by atoms with Gasteiger partial charge in [-0.2, -0.15) is 0 Å². The first-order valence-electron chi connectivity index (χ1n) is 8.89. The van der Waals surface area contributed by atoms with E-state index in [4.69, 9.17) is 0 Å². The molecule has 0 unspecified atom stereocenters. The summed E-state index contributed by atoms with van der Waals surface area (Å²) in [5.41, 5.74) is 0. The number of nitrogens with one attached hydrogen (secondary N) is 1. The van der Waals surface area contributed by atoms with Gasteiger partial charge in [-0.15, -0.1) is 10.2 Å². The van der Waals surface area contributed by atoms with Crippen LogP contribution in [0.15, 0.2) is 5.16 Å². The van der Waals surface area contributed by atoms with Gasteiger partial charge >= 0.3 is 0 Å². The number of nitrogens with zero attached hydrogens (tertiary/aromatic N) is 4. The van der Waals surface area contributed by atoms with Crippen LogP contribution in [0.5, 0.6) is 0 Å². The number of carbonyl (C=O) groups is 1. The van der Waals surface area contributed by atoms with Gasteiger partial charge in [0.25, 0.3) is 0 Å². The predicted octanol–water partition coefficient (Wildman–Crippen LogP) is 2.96. The topological polar surface area (TPSA) is 63.1 Å². The van der Waals surface area contributed by atoms with Crippen molar-refractivity contribution in [2.75, 3.05) is 26.4 Å². The fourth-order valence-electron chi connectivity index (χ4n) is 2.46. The summed E-state index contributed by atoms with van der Waals surface area (Å²) in [6.45, 7) is 10.1.